The Bertz CT molecular complexity index is 181. The average molecular weight is 229 g/mol. The van der Waals surface area contributed by atoms with E-state index >= 15 is 0 Å². The molecule has 3 nitrogen and oxygen atoms in total. The number of aliphatic hydroxyl groups is 1. The molecule has 16 heavy (non-hydrogen) atoms. The van der Waals surface area contributed by atoms with Gasteiger partial charge in [0.15, 0.2) is 0 Å². The van der Waals surface area contributed by atoms with Gasteiger partial charge in [0, 0.05) is 12.1 Å². The third-order valence-electron chi connectivity index (χ3n) is 3.73. The molecule has 1 rings (SSSR count). The van der Waals surface area contributed by atoms with E-state index in [0.717, 1.165) is 32.3 Å². The van der Waals surface area contributed by atoms with E-state index in [1.807, 2.05) is 7.05 Å². The highest BCUT2D eigenvalue weighted by Crippen LogP contribution is 2.29. The van der Waals surface area contributed by atoms with E-state index < -0.39 is 0 Å². The molecule has 0 heterocycles. The topological polar surface area (TPSA) is 41.5 Å². The van der Waals surface area contributed by atoms with Gasteiger partial charge in [-0.05, 0) is 39.2 Å². The van der Waals surface area contributed by atoms with Gasteiger partial charge in [-0.2, -0.15) is 0 Å². The fraction of sp³-hybridized carbons (Fsp3) is 1.00. The molecular weight excluding hydrogens is 202 g/mol. The Morgan fingerprint density at radius 1 is 1.44 bits per heavy atom. The maximum Gasteiger partial charge on any atom is 0.0614 e. The summed E-state index contributed by atoms with van der Waals surface area (Å²) in [5.41, 5.74) is -0.0896. The summed E-state index contributed by atoms with van der Waals surface area (Å²) >= 11 is 0. The molecule has 1 aliphatic carbocycles. The Morgan fingerprint density at radius 3 is 2.88 bits per heavy atom. The smallest absolute Gasteiger partial charge is 0.0614 e. The van der Waals surface area contributed by atoms with Crippen molar-refractivity contribution in [2.45, 2.75) is 63.5 Å². The molecule has 0 aromatic heterocycles. The van der Waals surface area contributed by atoms with Crippen molar-refractivity contribution >= 4 is 0 Å². The number of ether oxygens (including phenoxy) is 1. The van der Waals surface area contributed by atoms with Crippen LogP contribution in [0.1, 0.15) is 51.9 Å². The van der Waals surface area contributed by atoms with Crippen LogP contribution in [-0.4, -0.2) is 37.0 Å². The van der Waals surface area contributed by atoms with Gasteiger partial charge in [-0.15, -0.1) is 0 Å². The van der Waals surface area contributed by atoms with Crippen molar-refractivity contribution < 1.29 is 9.84 Å². The molecule has 2 unspecified atom stereocenters. The molecule has 0 saturated heterocycles. The molecule has 1 aliphatic rings. The number of aliphatic hydroxyl groups excluding tert-OH is 1. The van der Waals surface area contributed by atoms with Crippen LogP contribution in [-0.2, 0) is 4.74 Å². The summed E-state index contributed by atoms with van der Waals surface area (Å²) in [5.74, 6) is 0. The normalized spacial score (nSPS) is 30.6. The molecule has 0 radical (unpaired) electrons. The second-order valence-electron chi connectivity index (χ2n) is 4.98. The minimum Gasteiger partial charge on any atom is -0.394 e. The zero-order chi connectivity index (χ0) is 11.9. The van der Waals surface area contributed by atoms with Gasteiger partial charge in [0.2, 0.25) is 0 Å². The van der Waals surface area contributed by atoms with Gasteiger partial charge in [0.05, 0.1) is 12.7 Å². The van der Waals surface area contributed by atoms with Crippen LogP contribution >= 0.6 is 0 Å². The molecule has 2 atom stereocenters. The van der Waals surface area contributed by atoms with Crippen LogP contribution in [0.2, 0.25) is 0 Å². The lowest BCUT2D eigenvalue weighted by atomic mass is 9.81. The van der Waals surface area contributed by atoms with Gasteiger partial charge in [-0.3, -0.25) is 0 Å². The predicted octanol–water partition coefficient (Wildman–Crippen LogP) is 2.09. The van der Waals surface area contributed by atoms with Crippen LogP contribution in [0.4, 0.5) is 0 Å². The van der Waals surface area contributed by atoms with Crippen molar-refractivity contribution in [2.24, 2.45) is 0 Å². The van der Waals surface area contributed by atoms with E-state index in [2.05, 4.69) is 12.2 Å². The van der Waals surface area contributed by atoms with Crippen LogP contribution < -0.4 is 5.32 Å². The Morgan fingerprint density at radius 2 is 2.25 bits per heavy atom. The third-order valence-corrected chi connectivity index (χ3v) is 3.73. The molecule has 2 N–H and O–H groups in total. The Labute approximate surface area is 99.6 Å². The predicted molar refractivity (Wildman–Crippen MR) is 66.6 cm³/mol. The third kappa shape index (κ3) is 4.04. The second-order valence-corrected chi connectivity index (χ2v) is 4.98. The first-order chi connectivity index (χ1) is 7.76. The van der Waals surface area contributed by atoms with Gasteiger partial charge in [-0.25, -0.2) is 0 Å². The molecule has 96 valence electrons. The standard InChI is InChI=1S/C13H27NO2/c1-3-4-5-9-16-12-7-6-8-13(10-12,11-15)14-2/h12,14-15H,3-11H2,1-2H3. The first-order valence-electron chi connectivity index (χ1n) is 6.67. The fourth-order valence-electron chi connectivity index (χ4n) is 2.50. The molecule has 0 spiro atoms. The summed E-state index contributed by atoms with van der Waals surface area (Å²) in [7, 11) is 1.94. The highest BCUT2D eigenvalue weighted by atomic mass is 16.5. The monoisotopic (exact) mass is 229 g/mol. The zero-order valence-electron chi connectivity index (χ0n) is 10.8. The molecule has 0 aromatic carbocycles. The quantitative estimate of drug-likeness (QED) is 0.657. The molecule has 0 bridgehead atoms. The molecule has 0 aliphatic heterocycles. The molecule has 0 amide bonds. The Hall–Kier alpha value is -0.120. The van der Waals surface area contributed by atoms with E-state index in [9.17, 15) is 5.11 Å². The van der Waals surface area contributed by atoms with E-state index in [0.29, 0.717) is 6.10 Å². The zero-order valence-corrected chi connectivity index (χ0v) is 10.8. The first kappa shape index (κ1) is 13.9. The SMILES string of the molecule is CCCCCOC1CCCC(CO)(NC)C1. The summed E-state index contributed by atoms with van der Waals surface area (Å²) in [6, 6.07) is 0. The number of hydrogen-bond donors (Lipinski definition) is 2. The minimum atomic E-state index is -0.0896. The van der Waals surface area contributed by atoms with E-state index in [1.54, 1.807) is 0 Å². The van der Waals surface area contributed by atoms with Crippen LogP contribution in [0.3, 0.4) is 0 Å². The molecule has 3 heteroatoms. The van der Waals surface area contributed by atoms with Crippen molar-refractivity contribution in [3.63, 3.8) is 0 Å². The lowest BCUT2D eigenvalue weighted by Gasteiger charge is -2.39. The molecule has 1 saturated carbocycles. The van der Waals surface area contributed by atoms with E-state index in [1.165, 1.54) is 19.3 Å². The Kier molecular flexibility index (Phi) is 6.32. The van der Waals surface area contributed by atoms with Gasteiger partial charge >= 0.3 is 0 Å². The fourth-order valence-corrected chi connectivity index (χ4v) is 2.50. The van der Waals surface area contributed by atoms with Crippen molar-refractivity contribution in [1.29, 1.82) is 0 Å². The maximum absolute atomic E-state index is 9.45. The second kappa shape index (κ2) is 7.25. The van der Waals surface area contributed by atoms with Crippen LogP contribution in [0, 0.1) is 0 Å². The lowest BCUT2D eigenvalue weighted by molar-refractivity contribution is -0.0149. The largest absolute Gasteiger partial charge is 0.394 e. The van der Waals surface area contributed by atoms with Gasteiger partial charge in [-0.1, -0.05) is 19.8 Å². The van der Waals surface area contributed by atoms with Gasteiger partial charge in [0.1, 0.15) is 0 Å². The van der Waals surface area contributed by atoms with E-state index in [4.69, 9.17) is 4.74 Å². The highest BCUT2D eigenvalue weighted by Gasteiger charge is 2.34. The molecular formula is C13H27NO2. The summed E-state index contributed by atoms with van der Waals surface area (Å²) in [6.07, 6.45) is 8.31. The summed E-state index contributed by atoms with van der Waals surface area (Å²) < 4.78 is 5.89. The first-order valence-corrected chi connectivity index (χ1v) is 6.67. The van der Waals surface area contributed by atoms with Crippen LogP contribution in [0.15, 0.2) is 0 Å². The number of likely N-dealkylation sites (N-methyl/N-ethyl adjacent to an activating group) is 1. The average Bonchev–Trinajstić information content (AvgIpc) is 2.35. The maximum atomic E-state index is 9.45. The van der Waals surface area contributed by atoms with Gasteiger partial charge in [0.25, 0.3) is 0 Å². The number of hydrogen-bond acceptors (Lipinski definition) is 3. The summed E-state index contributed by atoms with van der Waals surface area (Å²) in [6.45, 7) is 3.31. The van der Waals surface area contributed by atoms with Crippen LogP contribution in [0.25, 0.3) is 0 Å². The summed E-state index contributed by atoms with van der Waals surface area (Å²) in [5, 5.41) is 12.7. The van der Waals surface area contributed by atoms with Crippen LogP contribution in [0.5, 0.6) is 0 Å². The van der Waals surface area contributed by atoms with Crippen molar-refractivity contribution in [1.82, 2.24) is 5.32 Å². The van der Waals surface area contributed by atoms with Crippen molar-refractivity contribution in [2.75, 3.05) is 20.3 Å². The highest BCUT2D eigenvalue weighted by molar-refractivity contribution is 4.92. The molecule has 1 fully saturated rings. The Balaban J connectivity index is 2.27. The van der Waals surface area contributed by atoms with E-state index in [-0.39, 0.29) is 12.1 Å². The number of unbranched alkanes of at least 4 members (excludes halogenated alkanes) is 2. The molecule has 0 aromatic rings. The number of rotatable bonds is 7. The van der Waals surface area contributed by atoms with Crippen molar-refractivity contribution in [3.8, 4) is 0 Å². The van der Waals surface area contributed by atoms with Gasteiger partial charge < -0.3 is 15.2 Å². The summed E-state index contributed by atoms with van der Waals surface area (Å²) in [4.78, 5) is 0. The lowest BCUT2D eigenvalue weighted by Crippen LogP contribution is -2.51. The minimum absolute atomic E-state index is 0.0896. The van der Waals surface area contributed by atoms with Crippen molar-refractivity contribution in [3.05, 3.63) is 0 Å². The number of nitrogens with one attached hydrogen (secondary N) is 1.